The van der Waals surface area contributed by atoms with E-state index in [4.69, 9.17) is 5.02 Å². The van der Waals surface area contributed by atoms with E-state index in [0.29, 0.717) is 7.69 Å². The molecule has 1 radical (unpaired) electrons. The summed E-state index contributed by atoms with van der Waals surface area (Å²) < 4.78 is 16.6. The predicted octanol–water partition coefficient (Wildman–Crippen LogP) is 0.126. The smallest absolute Gasteiger partial charge is 0.523 e. The van der Waals surface area contributed by atoms with Crippen LogP contribution in [0.15, 0.2) is 18.3 Å². The Kier molecular flexibility index (Phi) is 2.22. The quantitative estimate of drug-likeness (QED) is 0.593. The molecule has 10 heavy (non-hydrogen) atoms. The van der Waals surface area contributed by atoms with Gasteiger partial charge in [-0.15, -0.1) is 0 Å². The molecule has 0 saturated carbocycles. The second kappa shape index (κ2) is 3.17. The van der Waals surface area contributed by atoms with Crippen molar-refractivity contribution < 1.29 is 14.1 Å². The van der Waals surface area contributed by atoms with Gasteiger partial charge in [-0.05, 0) is 6.07 Å². The highest BCUT2D eigenvalue weighted by molar-refractivity contribution is 6.17. The van der Waals surface area contributed by atoms with Gasteiger partial charge in [-0.1, -0.05) is 0 Å². The molecule has 1 aromatic heterocycles. The third-order valence-electron chi connectivity index (χ3n) is 0.870. The lowest BCUT2D eigenvalue weighted by molar-refractivity contribution is 0.440. The standard InChI is InChI=1S/C5H4BFNO2/c7-4-1-2-8-5(3-4)10-6-9/h1-3,9H. The van der Waals surface area contributed by atoms with Crippen LogP contribution in [0.5, 0.6) is 5.88 Å². The van der Waals surface area contributed by atoms with Crippen molar-refractivity contribution in [3.8, 4) is 5.88 Å². The molecule has 1 heterocycles. The highest BCUT2D eigenvalue weighted by Gasteiger charge is 1.96. The minimum atomic E-state index is -0.452. The second-order valence-electron chi connectivity index (χ2n) is 1.54. The van der Waals surface area contributed by atoms with Crippen LogP contribution in [0.4, 0.5) is 4.39 Å². The van der Waals surface area contributed by atoms with E-state index in [1.54, 1.807) is 0 Å². The van der Waals surface area contributed by atoms with Crippen LogP contribution in [0.25, 0.3) is 0 Å². The number of halogens is 1. The first kappa shape index (κ1) is 7.02. The third-order valence-corrected chi connectivity index (χ3v) is 0.870. The van der Waals surface area contributed by atoms with Gasteiger partial charge in [0, 0.05) is 12.3 Å². The van der Waals surface area contributed by atoms with Crippen molar-refractivity contribution in [2.75, 3.05) is 0 Å². The van der Waals surface area contributed by atoms with Crippen molar-refractivity contribution in [2.24, 2.45) is 0 Å². The fraction of sp³-hybridized carbons (Fsp3) is 0. The first-order valence-corrected chi connectivity index (χ1v) is 2.57. The summed E-state index contributed by atoms with van der Waals surface area (Å²) in [5.41, 5.74) is 0. The minimum absolute atomic E-state index is 0.0301. The Hall–Kier alpha value is -1.10. The lowest BCUT2D eigenvalue weighted by Gasteiger charge is -1.97. The summed E-state index contributed by atoms with van der Waals surface area (Å²) in [7, 11) is 0.446. The lowest BCUT2D eigenvalue weighted by Crippen LogP contribution is -2.01. The number of pyridine rings is 1. The molecule has 0 bridgehead atoms. The zero-order valence-corrected chi connectivity index (χ0v) is 4.99. The van der Waals surface area contributed by atoms with Gasteiger partial charge in [0.2, 0.25) is 0 Å². The van der Waals surface area contributed by atoms with Crippen LogP contribution in [0.1, 0.15) is 0 Å². The van der Waals surface area contributed by atoms with Crippen LogP contribution in [-0.4, -0.2) is 17.7 Å². The normalized spacial score (nSPS) is 9.00. The zero-order chi connectivity index (χ0) is 7.40. The lowest BCUT2D eigenvalue weighted by atomic mass is 10.4. The fourth-order valence-corrected chi connectivity index (χ4v) is 0.504. The topological polar surface area (TPSA) is 42.4 Å². The van der Waals surface area contributed by atoms with E-state index in [1.807, 2.05) is 0 Å². The molecule has 0 aliphatic heterocycles. The fourth-order valence-electron chi connectivity index (χ4n) is 0.504. The molecule has 3 nitrogen and oxygen atoms in total. The van der Waals surface area contributed by atoms with Gasteiger partial charge in [0.1, 0.15) is 5.82 Å². The van der Waals surface area contributed by atoms with Crippen molar-refractivity contribution in [2.45, 2.75) is 0 Å². The Labute approximate surface area is 57.8 Å². The van der Waals surface area contributed by atoms with E-state index in [-0.39, 0.29) is 5.88 Å². The summed E-state index contributed by atoms with van der Waals surface area (Å²) in [6, 6.07) is 2.25. The number of rotatable bonds is 2. The van der Waals surface area contributed by atoms with Gasteiger partial charge in [-0.25, -0.2) is 9.37 Å². The first-order chi connectivity index (χ1) is 4.83. The van der Waals surface area contributed by atoms with Crippen LogP contribution < -0.4 is 4.65 Å². The molecule has 1 N–H and O–H groups in total. The molecule has 0 amide bonds. The number of hydrogen-bond acceptors (Lipinski definition) is 3. The molecule has 0 aliphatic carbocycles. The molecule has 1 aromatic rings. The molecule has 5 heteroatoms. The van der Waals surface area contributed by atoms with Crippen LogP contribution >= 0.6 is 0 Å². The van der Waals surface area contributed by atoms with Gasteiger partial charge in [-0.2, -0.15) is 0 Å². The summed E-state index contributed by atoms with van der Waals surface area (Å²) in [5.74, 6) is -0.422. The molecule has 0 saturated heterocycles. The number of hydrogen-bond donors (Lipinski definition) is 1. The van der Waals surface area contributed by atoms with Gasteiger partial charge in [0.25, 0.3) is 0 Å². The monoisotopic (exact) mass is 140 g/mol. The van der Waals surface area contributed by atoms with Gasteiger partial charge in [0.05, 0.1) is 0 Å². The maximum absolute atomic E-state index is 12.3. The molecule has 0 spiro atoms. The Morgan fingerprint density at radius 1 is 1.70 bits per heavy atom. The highest BCUT2D eigenvalue weighted by atomic mass is 19.1. The average molecular weight is 140 g/mol. The molecule has 0 atom stereocenters. The van der Waals surface area contributed by atoms with Crippen molar-refractivity contribution in [1.82, 2.24) is 4.98 Å². The van der Waals surface area contributed by atoms with Crippen molar-refractivity contribution in [1.29, 1.82) is 0 Å². The summed E-state index contributed by atoms with van der Waals surface area (Å²) in [5, 5.41) is 8.10. The van der Waals surface area contributed by atoms with Crippen molar-refractivity contribution in [3.63, 3.8) is 0 Å². The van der Waals surface area contributed by atoms with Crippen LogP contribution in [0.2, 0.25) is 0 Å². The molecular weight excluding hydrogens is 136 g/mol. The molecular formula is C5H4BFNO2. The largest absolute Gasteiger partial charge is 0.570 e. The zero-order valence-electron chi connectivity index (χ0n) is 4.99. The minimum Gasteiger partial charge on any atom is -0.523 e. The van der Waals surface area contributed by atoms with Crippen molar-refractivity contribution >= 4 is 7.69 Å². The Balaban J connectivity index is 2.75. The summed E-state index contributed by atoms with van der Waals surface area (Å²) in [6.07, 6.45) is 1.24. The van der Waals surface area contributed by atoms with Crippen LogP contribution in [0.3, 0.4) is 0 Å². The maximum Gasteiger partial charge on any atom is 0.570 e. The SMILES string of the molecule is O[B]Oc1cc(F)ccn1. The van der Waals surface area contributed by atoms with E-state index in [1.165, 1.54) is 12.3 Å². The van der Waals surface area contributed by atoms with Gasteiger partial charge < -0.3 is 9.68 Å². The van der Waals surface area contributed by atoms with Gasteiger partial charge in [-0.3, -0.25) is 0 Å². The van der Waals surface area contributed by atoms with Gasteiger partial charge >= 0.3 is 7.69 Å². The molecule has 1 rings (SSSR count). The van der Waals surface area contributed by atoms with Gasteiger partial charge in [0.15, 0.2) is 5.88 Å². The van der Waals surface area contributed by atoms with E-state index >= 15 is 0 Å². The van der Waals surface area contributed by atoms with E-state index in [9.17, 15) is 4.39 Å². The maximum atomic E-state index is 12.3. The first-order valence-electron chi connectivity index (χ1n) is 2.57. The second-order valence-corrected chi connectivity index (χ2v) is 1.54. The Bertz CT molecular complexity index is 221. The molecule has 0 unspecified atom stereocenters. The number of aromatic nitrogens is 1. The van der Waals surface area contributed by atoms with E-state index < -0.39 is 5.82 Å². The molecule has 0 aromatic carbocycles. The highest BCUT2D eigenvalue weighted by Crippen LogP contribution is 2.05. The number of nitrogens with zero attached hydrogens (tertiary/aromatic N) is 1. The Morgan fingerprint density at radius 3 is 3.10 bits per heavy atom. The van der Waals surface area contributed by atoms with Crippen LogP contribution in [-0.2, 0) is 0 Å². The van der Waals surface area contributed by atoms with E-state index in [2.05, 4.69) is 9.64 Å². The summed E-state index contributed by atoms with van der Waals surface area (Å²) >= 11 is 0. The predicted molar refractivity (Wildman–Crippen MR) is 32.8 cm³/mol. The van der Waals surface area contributed by atoms with Crippen LogP contribution in [0, 0.1) is 5.82 Å². The molecule has 0 fully saturated rings. The summed E-state index contributed by atoms with van der Waals surface area (Å²) in [6.45, 7) is 0. The molecule has 0 aliphatic rings. The van der Waals surface area contributed by atoms with Crippen molar-refractivity contribution in [3.05, 3.63) is 24.1 Å². The third kappa shape index (κ3) is 1.70. The summed E-state index contributed by atoms with van der Waals surface area (Å²) in [4.78, 5) is 3.58. The Morgan fingerprint density at radius 2 is 2.50 bits per heavy atom. The molecule has 51 valence electrons. The average Bonchev–Trinajstić information content (AvgIpc) is 1.88. The van der Waals surface area contributed by atoms with E-state index in [0.717, 1.165) is 6.07 Å².